The lowest BCUT2D eigenvalue weighted by atomic mass is 10.0. The van der Waals surface area contributed by atoms with Gasteiger partial charge in [-0.1, -0.05) is 36.4 Å². The molecule has 3 N–H and O–H groups in total. The summed E-state index contributed by atoms with van der Waals surface area (Å²) < 4.78 is 10.0. The lowest BCUT2D eigenvalue weighted by Gasteiger charge is -2.22. The van der Waals surface area contributed by atoms with Crippen molar-refractivity contribution in [2.45, 2.75) is 30.8 Å². The molecule has 1 fully saturated rings. The van der Waals surface area contributed by atoms with Crippen LogP contribution in [0.25, 0.3) is 11.0 Å². The van der Waals surface area contributed by atoms with E-state index >= 15 is 0 Å². The number of nitrogens with one attached hydrogen (secondary N) is 3. The van der Waals surface area contributed by atoms with Crippen molar-refractivity contribution in [3.05, 3.63) is 95.3 Å². The van der Waals surface area contributed by atoms with Gasteiger partial charge in [-0.15, -0.1) is 0 Å². The Kier molecular flexibility index (Phi) is 6.33. The molecule has 1 aliphatic carbocycles. The van der Waals surface area contributed by atoms with Gasteiger partial charge in [0.25, 0.3) is 0 Å². The normalized spacial score (nSPS) is 14.6. The highest BCUT2D eigenvalue weighted by Crippen LogP contribution is 2.45. The van der Waals surface area contributed by atoms with Crippen molar-refractivity contribution in [1.82, 2.24) is 20.6 Å². The number of fused-ring (bicyclic) bond motifs is 1. The number of carbonyl (C=O) groups is 2. The van der Waals surface area contributed by atoms with Gasteiger partial charge in [0.1, 0.15) is 11.6 Å². The predicted molar refractivity (Wildman–Crippen MR) is 136 cm³/mol. The first-order valence-electron chi connectivity index (χ1n) is 11.8. The molecule has 2 amide bonds. The maximum atomic E-state index is 13.2. The fourth-order valence-electron chi connectivity index (χ4n) is 4.42. The zero-order chi connectivity index (χ0) is 25.1. The Hall–Kier alpha value is -4.33. The van der Waals surface area contributed by atoms with Crippen LogP contribution in [0, 0.1) is 0 Å². The molecule has 1 heterocycles. The van der Waals surface area contributed by atoms with Crippen molar-refractivity contribution < 1.29 is 19.1 Å². The van der Waals surface area contributed by atoms with Crippen molar-refractivity contribution >= 4 is 23.0 Å². The summed E-state index contributed by atoms with van der Waals surface area (Å²) in [5.41, 5.74) is 3.79. The summed E-state index contributed by atoms with van der Waals surface area (Å²) in [6.45, 7) is 0. The van der Waals surface area contributed by atoms with E-state index < -0.39 is 5.54 Å². The highest BCUT2D eigenvalue weighted by molar-refractivity contribution is 5.89. The van der Waals surface area contributed by atoms with E-state index in [2.05, 4.69) is 15.6 Å². The van der Waals surface area contributed by atoms with Gasteiger partial charge in [-0.3, -0.25) is 0 Å². The van der Waals surface area contributed by atoms with Gasteiger partial charge in [0.2, 0.25) is 0 Å². The molecular weight excluding hydrogens is 456 g/mol. The molecular formula is C28H28N4O4. The molecule has 5 rings (SSSR count). The minimum Gasteiger partial charge on any atom is -0.497 e. The summed E-state index contributed by atoms with van der Waals surface area (Å²) in [4.78, 5) is 33.1. The van der Waals surface area contributed by atoms with Crippen LogP contribution in [0.15, 0.2) is 72.8 Å². The number of H-pyrrole nitrogens is 1. The highest BCUT2D eigenvalue weighted by atomic mass is 16.5. The Bertz CT molecular complexity index is 1340. The number of ether oxygens (including phenoxy) is 2. The minimum atomic E-state index is -0.447. The maximum absolute atomic E-state index is 13.2. The maximum Gasteiger partial charge on any atom is 0.337 e. The topological polar surface area (TPSA) is 105 Å². The molecule has 184 valence electrons. The number of nitrogens with zero attached hydrogens (tertiary/aromatic N) is 1. The molecule has 1 aliphatic rings. The van der Waals surface area contributed by atoms with Gasteiger partial charge in [0.05, 0.1) is 42.4 Å². The lowest BCUT2D eigenvalue weighted by molar-refractivity contribution is 0.0600. The molecule has 0 bridgehead atoms. The monoisotopic (exact) mass is 484 g/mol. The molecule has 8 nitrogen and oxygen atoms in total. The SMILES string of the molecule is COC(=O)c1ccc(C2(NC(=O)N[C@H](Cc3ccc(OC)cc3)c3nc4ccccc4[nH]3)CC2)cc1. The second kappa shape index (κ2) is 9.73. The van der Waals surface area contributed by atoms with E-state index in [0.29, 0.717) is 17.8 Å². The predicted octanol–water partition coefficient (Wildman–Crippen LogP) is 4.63. The zero-order valence-electron chi connectivity index (χ0n) is 20.2. The molecule has 1 saturated carbocycles. The summed E-state index contributed by atoms with van der Waals surface area (Å²) in [7, 11) is 2.99. The van der Waals surface area contributed by atoms with Gasteiger partial charge in [0.15, 0.2) is 0 Å². The number of esters is 1. The number of carbonyl (C=O) groups excluding carboxylic acids is 2. The van der Waals surface area contributed by atoms with Crippen LogP contribution < -0.4 is 15.4 Å². The summed E-state index contributed by atoms with van der Waals surface area (Å²) >= 11 is 0. The number of urea groups is 1. The Morgan fingerprint density at radius 1 is 1.00 bits per heavy atom. The largest absolute Gasteiger partial charge is 0.497 e. The molecule has 0 radical (unpaired) electrons. The number of benzene rings is 3. The van der Waals surface area contributed by atoms with Crippen molar-refractivity contribution in [1.29, 1.82) is 0 Å². The minimum absolute atomic E-state index is 0.275. The molecule has 1 atom stereocenters. The smallest absolute Gasteiger partial charge is 0.337 e. The number of aromatic amines is 1. The average Bonchev–Trinajstić information content (AvgIpc) is 3.55. The Labute approximate surface area is 209 Å². The third-order valence-electron chi connectivity index (χ3n) is 6.60. The Morgan fingerprint density at radius 2 is 1.72 bits per heavy atom. The van der Waals surface area contributed by atoms with E-state index in [0.717, 1.165) is 40.8 Å². The summed E-state index contributed by atoms with van der Waals surface area (Å²) in [5, 5.41) is 6.28. The Morgan fingerprint density at radius 3 is 2.36 bits per heavy atom. The number of methoxy groups -OCH3 is 2. The molecule has 8 heteroatoms. The van der Waals surface area contributed by atoms with E-state index in [-0.39, 0.29) is 18.0 Å². The van der Waals surface area contributed by atoms with Crippen LogP contribution in [0.2, 0.25) is 0 Å². The van der Waals surface area contributed by atoms with Crippen LogP contribution in [0.1, 0.15) is 46.2 Å². The number of rotatable bonds is 8. The van der Waals surface area contributed by atoms with Crippen LogP contribution >= 0.6 is 0 Å². The van der Waals surface area contributed by atoms with Crippen LogP contribution in [0.3, 0.4) is 0 Å². The van der Waals surface area contributed by atoms with E-state index in [1.165, 1.54) is 7.11 Å². The summed E-state index contributed by atoms with van der Waals surface area (Å²) in [5.74, 6) is 1.08. The van der Waals surface area contributed by atoms with Gasteiger partial charge in [-0.05, 0) is 66.8 Å². The molecule has 0 spiro atoms. The third kappa shape index (κ3) is 4.88. The first kappa shape index (κ1) is 23.4. The lowest BCUT2D eigenvalue weighted by Crippen LogP contribution is -2.44. The molecule has 1 aromatic heterocycles. The standard InChI is InChI=1S/C28H28N4O4/c1-35-21-13-7-18(8-14-21)17-24(25-29-22-5-3-4-6-23(22)30-25)31-27(34)32-28(15-16-28)20-11-9-19(10-12-20)26(33)36-2/h3-14,24H,15-17H2,1-2H3,(H,29,30)(H2,31,32,34)/t24-/m1/s1. The van der Waals surface area contributed by atoms with E-state index in [1.54, 1.807) is 19.2 Å². The van der Waals surface area contributed by atoms with Crippen molar-refractivity contribution in [3.63, 3.8) is 0 Å². The quantitative estimate of drug-likeness (QED) is 0.316. The van der Waals surface area contributed by atoms with Crippen molar-refractivity contribution in [2.75, 3.05) is 14.2 Å². The molecule has 0 aliphatic heterocycles. The third-order valence-corrected chi connectivity index (χ3v) is 6.60. The number of amides is 2. The number of imidazole rings is 1. The van der Waals surface area contributed by atoms with Crippen LogP contribution in [-0.2, 0) is 16.7 Å². The van der Waals surface area contributed by atoms with E-state index in [1.807, 2.05) is 60.7 Å². The molecule has 3 aromatic carbocycles. The number of hydrogen-bond acceptors (Lipinski definition) is 5. The van der Waals surface area contributed by atoms with Crippen LogP contribution in [0.4, 0.5) is 4.79 Å². The first-order valence-corrected chi connectivity index (χ1v) is 11.8. The van der Waals surface area contributed by atoms with Gasteiger partial charge in [-0.25, -0.2) is 14.6 Å². The van der Waals surface area contributed by atoms with Gasteiger partial charge in [0, 0.05) is 0 Å². The van der Waals surface area contributed by atoms with E-state index in [4.69, 9.17) is 14.5 Å². The van der Waals surface area contributed by atoms with E-state index in [9.17, 15) is 9.59 Å². The fraction of sp³-hybridized carbons (Fsp3) is 0.250. The number of aromatic nitrogens is 2. The van der Waals surface area contributed by atoms with Crippen molar-refractivity contribution in [2.24, 2.45) is 0 Å². The summed E-state index contributed by atoms with van der Waals surface area (Å²) in [6, 6.07) is 22.1. The second-order valence-corrected chi connectivity index (χ2v) is 8.99. The average molecular weight is 485 g/mol. The summed E-state index contributed by atoms with van der Waals surface area (Å²) in [6.07, 6.45) is 2.20. The molecule has 0 saturated heterocycles. The van der Waals surface area contributed by atoms with Gasteiger partial charge in [-0.2, -0.15) is 0 Å². The molecule has 0 unspecified atom stereocenters. The molecule has 36 heavy (non-hydrogen) atoms. The number of para-hydroxylation sites is 2. The van der Waals surface area contributed by atoms with Gasteiger partial charge < -0.3 is 25.1 Å². The van der Waals surface area contributed by atoms with Crippen LogP contribution in [0.5, 0.6) is 5.75 Å². The van der Waals surface area contributed by atoms with Gasteiger partial charge >= 0.3 is 12.0 Å². The zero-order valence-corrected chi connectivity index (χ0v) is 20.2. The Balaban J connectivity index is 1.35. The van der Waals surface area contributed by atoms with Crippen LogP contribution in [-0.4, -0.2) is 36.2 Å². The van der Waals surface area contributed by atoms with Crippen molar-refractivity contribution in [3.8, 4) is 5.75 Å². The molecule has 4 aromatic rings. The first-order chi connectivity index (χ1) is 17.5. The number of hydrogen-bond donors (Lipinski definition) is 3. The second-order valence-electron chi connectivity index (χ2n) is 8.99. The highest BCUT2D eigenvalue weighted by Gasteiger charge is 2.46. The fourth-order valence-corrected chi connectivity index (χ4v) is 4.42.